The Bertz CT molecular complexity index is 277. The number of hydrogen-bond acceptors (Lipinski definition) is 2. The minimum atomic E-state index is -0.978. The Morgan fingerprint density at radius 1 is 0.684 bits per heavy atom. The maximum atomic E-state index is 11.7. The summed E-state index contributed by atoms with van der Waals surface area (Å²) in [5.41, 5.74) is 0. The average Bonchev–Trinajstić information content (AvgIpc) is 2.24. The van der Waals surface area contributed by atoms with Crippen LogP contribution in [0.5, 0.6) is 0 Å². The molecule has 19 heavy (non-hydrogen) atoms. The van der Waals surface area contributed by atoms with E-state index in [0.29, 0.717) is 0 Å². The predicted octanol–water partition coefficient (Wildman–Crippen LogP) is 2.26. The van der Waals surface area contributed by atoms with Crippen molar-refractivity contribution in [3.8, 4) is 0 Å². The first-order chi connectivity index (χ1) is 8.55. The second-order valence-corrected chi connectivity index (χ2v) is 10.7. The smallest absolute Gasteiger partial charge is 0.0970 e. The molecule has 0 aliphatic rings. The lowest BCUT2D eigenvalue weighted by atomic mass is 10.2. The van der Waals surface area contributed by atoms with Crippen molar-refractivity contribution in [1.82, 2.24) is 9.44 Å². The Kier molecular flexibility index (Phi) is 8.59. The quantitative estimate of drug-likeness (QED) is 0.676. The molecule has 0 bridgehead atoms. The predicted molar refractivity (Wildman–Crippen MR) is 85.6 cm³/mol. The number of rotatable bonds is 8. The summed E-state index contributed by atoms with van der Waals surface area (Å²) in [4.78, 5) is 0. The molecular formula is C13H30N2O2S2. The van der Waals surface area contributed by atoms with Crippen molar-refractivity contribution in [2.24, 2.45) is 0 Å². The first-order valence-electron chi connectivity index (χ1n) is 6.86. The van der Waals surface area contributed by atoms with E-state index in [9.17, 15) is 8.42 Å². The molecule has 2 N–H and O–H groups in total. The van der Waals surface area contributed by atoms with Gasteiger partial charge < -0.3 is 0 Å². The van der Waals surface area contributed by atoms with Crippen LogP contribution in [0.15, 0.2) is 0 Å². The summed E-state index contributed by atoms with van der Waals surface area (Å²) in [5, 5.41) is 0. The minimum absolute atomic E-state index is 0.203. The largest absolute Gasteiger partial charge is 0.242 e. The monoisotopic (exact) mass is 310 g/mol. The van der Waals surface area contributed by atoms with Crippen molar-refractivity contribution in [2.75, 3.05) is 13.1 Å². The zero-order valence-electron chi connectivity index (χ0n) is 13.2. The van der Waals surface area contributed by atoms with Crippen molar-refractivity contribution in [1.29, 1.82) is 0 Å². The highest BCUT2D eigenvalue weighted by molar-refractivity contribution is 7.84. The van der Waals surface area contributed by atoms with Crippen LogP contribution in [0.25, 0.3) is 0 Å². The first kappa shape index (κ1) is 19.2. The maximum absolute atomic E-state index is 11.7. The van der Waals surface area contributed by atoms with Gasteiger partial charge in [0, 0.05) is 13.1 Å². The van der Waals surface area contributed by atoms with Crippen molar-refractivity contribution >= 4 is 22.0 Å². The summed E-state index contributed by atoms with van der Waals surface area (Å²) in [7, 11) is -1.96. The van der Waals surface area contributed by atoms with Gasteiger partial charge in [-0.3, -0.25) is 0 Å². The zero-order chi connectivity index (χ0) is 15.1. The van der Waals surface area contributed by atoms with Crippen LogP contribution in [0.2, 0.25) is 0 Å². The van der Waals surface area contributed by atoms with Crippen molar-refractivity contribution < 1.29 is 8.42 Å². The van der Waals surface area contributed by atoms with Gasteiger partial charge in [0.15, 0.2) is 0 Å². The van der Waals surface area contributed by atoms with E-state index in [-0.39, 0.29) is 9.49 Å². The van der Waals surface area contributed by atoms with Gasteiger partial charge in [0.05, 0.1) is 31.5 Å². The topological polar surface area (TPSA) is 58.2 Å². The first-order valence-corrected chi connectivity index (χ1v) is 9.16. The normalized spacial score (nSPS) is 16.3. The highest BCUT2D eigenvalue weighted by Gasteiger charge is 2.19. The summed E-state index contributed by atoms with van der Waals surface area (Å²) in [6, 6.07) is 0. The van der Waals surface area contributed by atoms with Crippen molar-refractivity contribution in [3.63, 3.8) is 0 Å². The fourth-order valence-electron chi connectivity index (χ4n) is 1.19. The van der Waals surface area contributed by atoms with E-state index >= 15 is 0 Å². The molecule has 0 aromatic heterocycles. The second kappa shape index (κ2) is 8.49. The molecule has 0 aliphatic carbocycles. The fourth-order valence-corrected chi connectivity index (χ4v) is 2.72. The summed E-state index contributed by atoms with van der Waals surface area (Å²) < 4.78 is 29.1. The summed E-state index contributed by atoms with van der Waals surface area (Å²) in [5.74, 6) is 0. The molecule has 4 nitrogen and oxygen atoms in total. The van der Waals surface area contributed by atoms with Crippen LogP contribution in [-0.2, 0) is 22.0 Å². The molecule has 0 aliphatic heterocycles. The molecule has 6 heteroatoms. The summed E-state index contributed by atoms with van der Waals surface area (Å²) in [6.07, 6.45) is 3.03. The lowest BCUT2D eigenvalue weighted by Crippen LogP contribution is -2.34. The van der Waals surface area contributed by atoms with Crippen LogP contribution >= 0.6 is 0 Å². The standard InChI is InChI=1S/C13H30N2O2S2/c1-12(2,3)18(16)14-10-8-7-9-11-15-19(17)13(4,5)6/h14-15H,7-11H2,1-6H3/t18-,19-/m1/s1. The molecule has 0 radical (unpaired) electrons. The Hall–Kier alpha value is 0.220. The molecule has 0 rings (SSSR count). The molecule has 0 aromatic rings. The maximum Gasteiger partial charge on any atom is 0.0970 e. The number of nitrogens with one attached hydrogen (secondary N) is 2. The minimum Gasteiger partial charge on any atom is -0.242 e. The van der Waals surface area contributed by atoms with E-state index in [1.54, 1.807) is 0 Å². The van der Waals surface area contributed by atoms with E-state index < -0.39 is 22.0 Å². The summed E-state index contributed by atoms with van der Waals surface area (Å²) >= 11 is 0. The molecule has 0 unspecified atom stereocenters. The highest BCUT2D eigenvalue weighted by atomic mass is 32.2. The molecule has 0 aromatic carbocycles. The molecule has 0 spiro atoms. The van der Waals surface area contributed by atoms with Gasteiger partial charge in [-0.25, -0.2) is 17.9 Å². The molecule has 0 amide bonds. The second-order valence-electron chi connectivity index (χ2n) is 6.61. The third-order valence-electron chi connectivity index (χ3n) is 2.43. The van der Waals surface area contributed by atoms with Gasteiger partial charge in [0.25, 0.3) is 0 Å². The van der Waals surface area contributed by atoms with Crippen LogP contribution in [0.3, 0.4) is 0 Å². The fraction of sp³-hybridized carbons (Fsp3) is 1.00. The Balaban J connectivity index is 3.53. The van der Waals surface area contributed by atoms with E-state index in [0.717, 1.165) is 32.4 Å². The van der Waals surface area contributed by atoms with E-state index in [1.165, 1.54) is 0 Å². The van der Waals surface area contributed by atoms with Crippen LogP contribution in [0, 0.1) is 0 Å². The zero-order valence-corrected chi connectivity index (χ0v) is 14.8. The van der Waals surface area contributed by atoms with Gasteiger partial charge in [-0.2, -0.15) is 0 Å². The molecular weight excluding hydrogens is 280 g/mol. The lowest BCUT2D eigenvalue weighted by Gasteiger charge is -2.18. The lowest BCUT2D eigenvalue weighted by molar-refractivity contribution is 0.609. The highest BCUT2D eigenvalue weighted by Crippen LogP contribution is 2.09. The molecule has 0 saturated carbocycles. The van der Waals surface area contributed by atoms with Gasteiger partial charge >= 0.3 is 0 Å². The molecule has 2 atom stereocenters. The van der Waals surface area contributed by atoms with Gasteiger partial charge in [0.2, 0.25) is 0 Å². The third kappa shape index (κ3) is 9.71. The molecule has 0 saturated heterocycles. The SMILES string of the molecule is CC(C)(C)[S@@](=O)NCCCCCN[S@](=O)C(C)(C)C. The van der Waals surface area contributed by atoms with Gasteiger partial charge in [0.1, 0.15) is 0 Å². The van der Waals surface area contributed by atoms with Crippen molar-refractivity contribution in [2.45, 2.75) is 70.3 Å². The Morgan fingerprint density at radius 3 is 1.26 bits per heavy atom. The number of hydrogen-bond donors (Lipinski definition) is 2. The van der Waals surface area contributed by atoms with Gasteiger partial charge in [-0.05, 0) is 54.4 Å². The molecule has 0 heterocycles. The van der Waals surface area contributed by atoms with E-state index in [4.69, 9.17) is 0 Å². The molecule has 0 fully saturated rings. The van der Waals surface area contributed by atoms with E-state index in [2.05, 4.69) is 9.44 Å². The van der Waals surface area contributed by atoms with Crippen LogP contribution < -0.4 is 9.44 Å². The van der Waals surface area contributed by atoms with Crippen LogP contribution in [0.4, 0.5) is 0 Å². The van der Waals surface area contributed by atoms with Crippen LogP contribution in [0.1, 0.15) is 60.8 Å². The molecule has 116 valence electrons. The third-order valence-corrected chi connectivity index (χ3v) is 5.59. The van der Waals surface area contributed by atoms with Gasteiger partial charge in [-0.1, -0.05) is 6.42 Å². The average molecular weight is 311 g/mol. The Morgan fingerprint density at radius 2 is 1.00 bits per heavy atom. The van der Waals surface area contributed by atoms with Crippen LogP contribution in [-0.4, -0.2) is 31.0 Å². The van der Waals surface area contributed by atoms with Gasteiger partial charge in [-0.15, -0.1) is 0 Å². The van der Waals surface area contributed by atoms with Crippen molar-refractivity contribution in [3.05, 3.63) is 0 Å². The number of unbranched alkanes of at least 4 members (excludes halogenated alkanes) is 2. The Labute approximate surface area is 123 Å². The summed E-state index contributed by atoms with van der Waals surface area (Å²) in [6.45, 7) is 13.3. The van der Waals surface area contributed by atoms with E-state index in [1.807, 2.05) is 41.5 Å².